The van der Waals surface area contributed by atoms with Gasteiger partial charge in [-0.05, 0) is 38.1 Å². The minimum absolute atomic E-state index is 0.562. The second-order valence-electron chi connectivity index (χ2n) is 6.54. The van der Waals surface area contributed by atoms with Gasteiger partial charge in [0.2, 0.25) is 5.88 Å². The van der Waals surface area contributed by atoms with E-state index in [4.69, 9.17) is 9.84 Å². The molecule has 0 aliphatic carbocycles. The van der Waals surface area contributed by atoms with Gasteiger partial charge in [0.25, 0.3) is 0 Å². The summed E-state index contributed by atoms with van der Waals surface area (Å²) in [6, 6.07) is 12.2. The number of likely N-dealkylation sites (tertiary alicyclic amines) is 1. The third-order valence-electron chi connectivity index (χ3n) is 4.79. The summed E-state index contributed by atoms with van der Waals surface area (Å²) in [5, 5.41) is 4.74. The summed E-state index contributed by atoms with van der Waals surface area (Å²) in [7, 11) is 1.61. The minimum atomic E-state index is 0.562. The van der Waals surface area contributed by atoms with Gasteiger partial charge in [-0.15, -0.1) is 0 Å². The highest BCUT2D eigenvalue weighted by atomic mass is 16.5. The summed E-state index contributed by atoms with van der Waals surface area (Å²) in [4.78, 5) is 10.9. The predicted octanol–water partition coefficient (Wildman–Crippen LogP) is 3.11. The standard InChI is InChI=1S/C20H23N5O/c1-26-20-14-19(21-15-22-20)17-6-4-5-16(13-17)18-7-10-25(23-18)12-11-24-8-2-3-9-24/h4-7,10,13-15H,2-3,8-9,11-12H2,1H3. The Labute approximate surface area is 153 Å². The summed E-state index contributed by atoms with van der Waals surface area (Å²) in [5.41, 5.74) is 3.93. The van der Waals surface area contributed by atoms with Crippen molar-refractivity contribution in [1.29, 1.82) is 0 Å². The maximum absolute atomic E-state index is 5.19. The molecule has 0 spiro atoms. The number of rotatable bonds is 6. The van der Waals surface area contributed by atoms with Crippen molar-refractivity contribution in [2.45, 2.75) is 19.4 Å². The van der Waals surface area contributed by atoms with Gasteiger partial charge in [0, 0.05) is 29.9 Å². The molecule has 0 N–H and O–H groups in total. The average Bonchev–Trinajstić information content (AvgIpc) is 3.38. The molecule has 0 radical (unpaired) electrons. The van der Waals surface area contributed by atoms with Crippen molar-refractivity contribution in [3.05, 3.63) is 48.9 Å². The maximum Gasteiger partial charge on any atom is 0.216 e. The van der Waals surface area contributed by atoms with Crippen LogP contribution in [0.2, 0.25) is 0 Å². The van der Waals surface area contributed by atoms with Crippen LogP contribution in [0.5, 0.6) is 5.88 Å². The summed E-state index contributed by atoms with van der Waals surface area (Å²) in [6.07, 6.45) is 6.23. The SMILES string of the molecule is COc1cc(-c2cccc(-c3ccn(CCN4CCCC4)n3)c2)ncn1. The van der Waals surface area contributed by atoms with Crippen LogP contribution in [-0.2, 0) is 6.54 Å². The van der Waals surface area contributed by atoms with Gasteiger partial charge < -0.3 is 9.64 Å². The van der Waals surface area contributed by atoms with E-state index in [1.807, 2.05) is 22.9 Å². The number of hydrogen-bond donors (Lipinski definition) is 0. The van der Waals surface area contributed by atoms with Gasteiger partial charge in [-0.25, -0.2) is 9.97 Å². The first-order valence-corrected chi connectivity index (χ1v) is 9.04. The molecule has 3 aromatic rings. The Bertz CT molecular complexity index is 870. The van der Waals surface area contributed by atoms with E-state index in [-0.39, 0.29) is 0 Å². The molecule has 1 aromatic carbocycles. The number of hydrogen-bond acceptors (Lipinski definition) is 5. The largest absolute Gasteiger partial charge is 0.481 e. The Morgan fingerprint density at radius 1 is 0.962 bits per heavy atom. The molecule has 3 heterocycles. The van der Waals surface area contributed by atoms with Crippen LogP contribution in [0.3, 0.4) is 0 Å². The lowest BCUT2D eigenvalue weighted by atomic mass is 10.1. The molecule has 0 atom stereocenters. The fourth-order valence-corrected chi connectivity index (χ4v) is 3.34. The normalized spacial score (nSPS) is 14.7. The van der Waals surface area contributed by atoms with Crippen LogP contribution < -0.4 is 4.74 Å². The smallest absolute Gasteiger partial charge is 0.216 e. The third kappa shape index (κ3) is 3.75. The summed E-state index contributed by atoms with van der Waals surface area (Å²) in [6.45, 7) is 4.45. The van der Waals surface area contributed by atoms with E-state index in [0.29, 0.717) is 5.88 Å². The van der Waals surface area contributed by atoms with Crippen LogP contribution in [-0.4, -0.2) is 51.4 Å². The highest BCUT2D eigenvalue weighted by molar-refractivity contribution is 5.69. The zero-order valence-corrected chi connectivity index (χ0v) is 15.0. The molecule has 6 nitrogen and oxygen atoms in total. The lowest BCUT2D eigenvalue weighted by molar-refractivity contribution is 0.316. The third-order valence-corrected chi connectivity index (χ3v) is 4.79. The van der Waals surface area contributed by atoms with Crippen molar-refractivity contribution in [3.8, 4) is 28.4 Å². The Morgan fingerprint density at radius 2 is 1.77 bits per heavy atom. The molecule has 134 valence electrons. The molecule has 1 fully saturated rings. The van der Waals surface area contributed by atoms with Crippen LogP contribution in [0.25, 0.3) is 22.5 Å². The highest BCUT2D eigenvalue weighted by Crippen LogP contribution is 2.25. The van der Waals surface area contributed by atoms with Gasteiger partial charge in [-0.1, -0.05) is 18.2 Å². The van der Waals surface area contributed by atoms with Crippen LogP contribution in [0, 0.1) is 0 Å². The molecule has 0 saturated carbocycles. The van der Waals surface area contributed by atoms with Crippen molar-refractivity contribution in [1.82, 2.24) is 24.6 Å². The van der Waals surface area contributed by atoms with Crippen LogP contribution in [0.1, 0.15) is 12.8 Å². The van der Waals surface area contributed by atoms with Crippen molar-refractivity contribution in [2.75, 3.05) is 26.7 Å². The van der Waals surface area contributed by atoms with Gasteiger partial charge in [-0.2, -0.15) is 5.10 Å². The van der Waals surface area contributed by atoms with E-state index >= 15 is 0 Å². The van der Waals surface area contributed by atoms with E-state index in [1.165, 1.54) is 32.3 Å². The van der Waals surface area contributed by atoms with Crippen LogP contribution in [0.4, 0.5) is 0 Å². The topological polar surface area (TPSA) is 56.1 Å². The molecule has 0 bridgehead atoms. The fourth-order valence-electron chi connectivity index (χ4n) is 3.34. The van der Waals surface area contributed by atoms with Crippen LogP contribution >= 0.6 is 0 Å². The zero-order chi connectivity index (χ0) is 17.8. The second-order valence-corrected chi connectivity index (χ2v) is 6.54. The lowest BCUT2D eigenvalue weighted by Gasteiger charge is -2.13. The zero-order valence-electron chi connectivity index (χ0n) is 15.0. The average molecular weight is 349 g/mol. The molecule has 2 aromatic heterocycles. The molecule has 1 aliphatic heterocycles. The van der Waals surface area contributed by atoms with E-state index in [1.54, 1.807) is 7.11 Å². The Balaban J connectivity index is 1.51. The number of methoxy groups -OCH3 is 1. The quantitative estimate of drug-likeness (QED) is 0.684. The highest BCUT2D eigenvalue weighted by Gasteiger charge is 2.11. The number of ether oxygens (including phenoxy) is 1. The molecule has 6 heteroatoms. The van der Waals surface area contributed by atoms with Gasteiger partial charge in [-0.3, -0.25) is 4.68 Å². The summed E-state index contributed by atoms with van der Waals surface area (Å²) >= 11 is 0. The maximum atomic E-state index is 5.19. The molecule has 26 heavy (non-hydrogen) atoms. The first-order valence-electron chi connectivity index (χ1n) is 9.04. The van der Waals surface area contributed by atoms with E-state index in [9.17, 15) is 0 Å². The van der Waals surface area contributed by atoms with E-state index in [0.717, 1.165) is 35.6 Å². The van der Waals surface area contributed by atoms with Crippen LogP contribution in [0.15, 0.2) is 48.9 Å². The molecular formula is C20H23N5O. The van der Waals surface area contributed by atoms with Crippen molar-refractivity contribution >= 4 is 0 Å². The molecule has 1 aliphatic rings. The van der Waals surface area contributed by atoms with Gasteiger partial charge in [0.15, 0.2) is 0 Å². The Morgan fingerprint density at radius 3 is 2.58 bits per heavy atom. The van der Waals surface area contributed by atoms with Gasteiger partial charge in [0.1, 0.15) is 6.33 Å². The first kappa shape index (κ1) is 16.7. The monoisotopic (exact) mass is 349 g/mol. The number of aromatic nitrogens is 4. The second kappa shape index (κ2) is 7.66. The molecular weight excluding hydrogens is 326 g/mol. The number of nitrogens with zero attached hydrogens (tertiary/aromatic N) is 5. The summed E-state index contributed by atoms with van der Waals surface area (Å²) < 4.78 is 7.23. The minimum Gasteiger partial charge on any atom is -0.481 e. The number of benzene rings is 1. The fraction of sp³-hybridized carbons (Fsp3) is 0.350. The Hall–Kier alpha value is -2.73. The molecule has 0 amide bonds. The molecule has 0 unspecified atom stereocenters. The van der Waals surface area contributed by atoms with Gasteiger partial charge in [0.05, 0.1) is 25.0 Å². The van der Waals surface area contributed by atoms with Crippen molar-refractivity contribution in [2.24, 2.45) is 0 Å². The van der Waals surface area contributed by atoms with E-state index < -0.39 is 0 Å². The lowest BCUT2D eigenvalue weighted by Crippen LogP contribution is -2.24. The van der Waals surface area contributed by atoms with Gasteiger partial charge >= 0.3 is 0 Å². The first-order chi connectivity index (χ1) is 12.8. The molecule has 1 saturated heterocycles. The summed E-state index contributed by atoms with van der Waals surface area (Å²) in [5.74, 6) is 0.562. The van der Waals surface area contributed by atoms with Crippen molar-refractivity contribution in [3.63, 3.8) is 0 Å². The predicted molar refractivity (Wildman–Crippen MR) is 101 cm³/mol. The van der Waals surface area contributed by atoms with Crippen molar-refractivity contribution < 1.29 is 4.74 Å². The van der Waals surface area contributed by atoms with E-state index in [2.05, 4.69) is 39.3 Å². The Kier molecular flexibility index (Phi) is 4.93. The molecule has 4 rings (SSSR count).